The molecule has 194 valence electrons. The summed E-state index contributed by atoms with van der Waals surface area (Å²) in [6.07, 6.45) is 4.70. The molecule has 1 aliphatic rings. The third-order valence-electron chi connectivity index (χ3n) is 6.96. The number of hydrogen-bond donors (Lipinski definition) is 1. The maximum absolute atomic E-state index is 12.3. The molecule has 36 heavy (non-hydrogen) atoms. The monoisotopic (exact) mass is 511 g/mol. The van der Waals surface area contributed by atoms with E-state index in [-0.39, 0.29) is 25.0 Å². The number of benzene rings is 3. The Kier molecular flexibility index (Phi) is 11.2. The van der Waals surface area contributed by atoms with Crippen molar-refractivity contribution in [2.45, 2.75) is 50.6 Å². The number of methoxy groups -OCH3 is 1. The molecule has 0 heterocycles. The first-order valence-electron chi connectivity index (χ1n) is 12.7. The highest BCUT2D eigenvalue weighted by molar-refractivity contribution is 5.89. The van der Waals surface area contributed by atoms with Crippen LogP contribution in [0.3, 0.4) is 0 Å². The minimum Gasteiger partial charge on any atom is -0.460 e. The first-order chi connectivity index (χ1) is 17.2. The molecule has 6 heteroatoms. The Balaban J connectivity index is 0.00000361. The van der Waals surface area contributed by atoms with Gasteiger partial charge in [0.2, 0.25) is 0 Å². The lowest BCUT2D eigenvalue weighted by molar-refractivity contribution is 0.0213. The van der Waals surface area contributed by atoms with Crippen molar-refractivity contribution >= 4 is 29.1 Å². The van der Waals surface area contributed by atoms with Crippen LogP contribution in [0.4, 0.5) is 0 Å². The summed E-state index contributed by atoms with van der Waals surface area (Å²) in [5.41, 5.74) is 3.24. The highest BCUT2D eigenvalue weighted by Crippen LogP contribution is 2.34. The Morgan fingerprint density at radius 1 is 0.944 bits per heavy atom. The van der Waals surface area contributed by atoms with Crippen molar-refractivity contribution in [1.82, 2.24) is 5.32 Å². The van der Waals surface area contributed by atoms with Crippen molar-refractivity contribution in [2.24, 2.45) is 0 Å². The summed E-state index contributed by atoms with van der Waals surface area (Å²) in [6.45, 7) is 3.93. The molecule has 4 rings (SSSR count). The lowest BCUT2D eigenvalue weighted by Crippen LogP contribution is -2.35. The zero-order valence-electron chi connectivity index (χ0n) is 21.3. The first kappa shape index (κ1) is 28.1. The Morgan fingerprint density at radius 3 is 2.50 bits per heavy atom. The minimum absolute atomic E-state index is 0. The highest BCUT2D eigenvalue weighted by Gasteiger charge is 2.25. The molecule has 1 saturated carbocycles. The lowest BCUT2D eigenvalue weighted by Gasteiger charge is -2.32. The van der Waals surface area contributed by atoms with E-state index >= 15 is 0 Å². The van der Waals surface area contributed by atoms with Gasteiger partial charge in [0.1, 0.15) is 6.61 Å². The van der Waals surface area contributed by atoms with Crippen molar-refractivity contribution in [3.05, 3.63) is 83.4 Å². The summed E-state index contributed by atoms with van der Waals surface area (Å²) in [6, 6.07) is 23.9. The van der Waals surface area contributed by atoms with E-state index in [1.165, 1.54) is 41.2 Å². The molecular formula is C30H38ClNO4. The van der Waals surface area contributed by atoms with Crippen molar-refractivity contribution in [2.75, 3.05) is 33.5 Å². The molecule has 3 aromatic rings. The molecule has 3 atom stereocenters. The normalized spacial score (nSPS) is 18.4. The van der Waals surface area contributed by atoms with Crippen molar-refractivity contribution in [3.8, 4) is 0 Å². The summed E-state index contributed by atoms with van der Waals surface area (Å²) < 4.78 is 15.6. The Labute approximate surface area is 220 Å². The van der Waals surface area contributed by atoms with Gasteiger partial charge in [0.15, 0.2) is 0 Å². The van der Waals surface area contributed by atoms with Crippen molar-refractivity contribution < 1.29 is 19.0 Å². The van der Waals surface area contributed by atoms with Crippen LogP contribution in [-0.2, 0) is 14.2 Å². The van der Waals surface area contributed by atoms with Crippen LogP contribution in [0.5, 0.6) is 0 Å². The summed E-state index contributed by atoms with van der Waals surface area (Å²) in [7, 11) is 1.63. The van der Waals surface area contributed by atoms with Crippen molar-refractivity contribution in [3.63, 3.8) is 0 Å². The fourth-order valence-electron chi connectivity index (χ4n) is 5.13. The molecular weight excluding hydrogens is 474 g/mol. The average molecular weight is 512 g/mol. The van der Waals surface area contributed by atoms with E-state index < -0.39 is 0 Å². The zero-order chi connectivity index (χ0) is 24.5. The number of ether oxygens (including phenoxy) is 3. The first-order valence-corrected chi connectivity index (χ1v) is 12.7. The summed E-state index contributed by atoms with van der Waals surface area (Å²) >= 11 is 0. The number of carbonyl (C=O) groups excluding carboxylic acids is 1. The zero-order valence-corrected chi connectivity index (χ0v) is 22.1. The van der Waals surface area contributed by atoms with Gasteiger partial charge in [-0.15, -0.1) is 12.4 Å². The summed E-state index contributed by atoms with van der Waals surface area (Å²) in [5, 5.41) is 6.52. The highest BCUT2D eigenvalue weighted by atomic mass is 35.5. The number of nitrogens with one attached hydrogen (secondary N) is 1. The second-order valence-corrected chi connectivity index (χ2v) is 9.38. The number of fused-ring (bicyclic) bond motifs is 1. The smallest absolute Gasteiger partial charge is 0.338 e. The van der Waals surface area contributed by atoms with Gasteiger partial charge in [-0.25, -0.2) is 4.79 Å². The van der Waals surface area contributed by atoms with Gasteiger partial charge < -0.3 is 19.5 Å². The quantitative estimate of drug-likeness (QED) is 0.236. The van der Waals surface area contributed by atoms with E-state index in [1.54, 1.807) is 7.11 Å². The van der Waals surface area contributed by atoms with Crippen molar-refractivity contribution in [1.29, 1.82) is 0 Å². The number of carbonyl (C=O) groups is 1. The Morgan fingerprint density at radius 2 is 1.69 bits per heavy atom. The minimum atomic E-state index is -0.306. The van der Waals surface area contributed by atoms with E-state index in [0.29, 0.717) is 43.4 Å². The fraction of sp³-hybridized carbons (Fsp3) is 0.433. The van der Waals surface area contributed by atoms with Gasteiger partial charge in [0.05, 0.1) is 25.4 Å². The van der Waals surface area contributed by atoms with Gasteiger partial charge >= 0.3 is 5.97 Å². The molecule has 1 aliphatic carbocycles. The third-order valence-corrected chi connectivity index (χ3v) is 6.96. The molecule has 0 saturated heterocycles. The maximum Gasteiger partial charge on any atom is 0.338 e. The van der Waals surface area contributed by atoms with Crippen LogP contribution < -0.4 is 5.32 Å². The summed E-state index contributed by atoms with van der Waals surface area (Å²) in [5.74, 6) is 0.194. The van der Waals surface area contributed by atoms with Gasteiger partial charge in [0, 0.05) is 19.2 Å². The standard InChI is InChI=1S/C30H37NO4.ClH/c1-22(28-12-6-8-24-7-3-4-11-29(24)28)31-27-10-5-9-26(21-27)23-13-15-25(16-14-23)30(32)35-20-19-34-18-17-33-2;/h3-4,6-8,11-16,22,26-27,31H,5,9-10,17-21H2,1-2H3;1H/t22-,26?,27?;/m1./s1. The van der Waals surface area contributed by atoms with Crippen LogP contribution in [0.2, 0.25) is 0 Å². The molecule has 5 nitrogen and oxygen atoms in total. The van der Waals surface area contributed by atoms with E-state index in [1.807, 2.05) is 12.1 Å². The van der Waals surface area contributed by atoms with E-state index in [9.17, 15) is 4.79 Å². The molecule has 0 bridgehead atoms. The second-order valence-electron chi connectivity index (χ2n) is 9.38. The van der Waals surface area contributed by atoms with Crippen LogP contribution in [0, 0.1) is 0 Å². The van der Waals surface area contributed by atoms with Crippen LogP contribution in [0.1, 0.15) is 66.1 Å². The predicted octanol–water partition coefficient (Wildman–Crippen LogP) is 6.46. The van der Waals surface area contributed by atoms with Gasteiger partial charge in [0.25, 0.3) is 0 Å². The molecule has 2 unspecified atom stereocenters. The third kappa shape index (κ3) is 7.53. The van der Waals surface area contributed by atoms with Crippen LogP contribution >= 0.6 is 12.4 Å². The van der Waals surface area contributed by atoms with Crippen LogP contribution in [0.25, 0.3) is 10.8 Å². The average Bonchev–Trinajstić information content (AvgIpc) is 2.90. The van der Waals surface area contributed by atoms with E-state index in [2.05, 4.69) is 66.8 Å². The fourth-order valence-corrected chi connectivity index (χ4v) is 5.13. The number of halogens is 1. The van der Waals surface area contributed by atoms with Gasteiger partial charge in [-0.1, -0.05) is 61.0 Å². The van der Waals surface area contributed by atoms with Crippen LogP contribution in [-0.4, -0.2) is 45.5 Å². The van der Waals surface area contributed by atoms with Crippen LogP contribution in [0.15, 0.2) is 66.7 Å². The van der Waals surface area contributed by atoms with Gasteiger partial charge in [-0.05, 0) is 66.1 Å². The topological polar surface area (TPSA) is 56.8 Å². The molecule has 0 aromatic heterocycles. The van der Waals surface area contributed by atoms with Gasteiger partial charge in [-0.2, -0.15) is 0 Å². The maximum atomic E-state index is 12.3. The predicted molar refractivity (Wildman–Crippen MR) is 147 cm³/mol. The molecule has 1 N–H and O–H groups in total. The molecule has 1 fully saturated rings. The summed E-state index contributed by atoms with van der Waals surface area (Å²) in [4.78, 5) is 12.3. The SMILES string of the molecule is COCCOCCOC(=O)c1ccc(C2CCCC(N[C@H](C)c3cccc4ccccc34)C2)cc1.Cl. The molecule has 0 radical (unpaired) electrons. The van der Waals surface area contributed by atoms with Gasteiger partial charge in [-0.3, -0.25) is 0 Å². The number of hydrogen-bond acceptors (Lipinski definition) is 5. The molecule has 0 spiro atoms. The second kappa shape index (κ2) is 14.3. The molecule has 0 aliphatic heterocycles. The Bertz CT molecular complexity index is 1080. The van der Waals surface area contributed by atoms with E-state index in [4.69, 9.17) is 14.2 Å². The van der Waals surface area contributed by atoms with E-state index in [0.717, 1.165) is 6.42 Å². The largest absolute Gasteiger partial charge is 0.460 e. The number of rotatable bonds is 11. The molecule has 0 amide bonds. The number of esters is 1. The Hall–Kier alpha value is -2.44. The lowest BCUT2D eigenvalue weighted by atomic mass is 9.81. The molecule has 3 aromatic carbocycles.